The van der Waals surface area contributed by atoms with Crippen LogP contribution in [-0.4, -0.2) is 20.9 Å². The highest BCUT2D eigenvalue weighted by Gasteiger charge is 2.01. The standard InChI is InChI=1S/C18H15FN4O/c19-15-7-4-8-16(11-15)20-18(24)10-9-17-13-23(22-21-17)12-14-5-2-1-3-6-14/h1-11,13H,12H2,(H,20,24)/b10-9+. The molecule has 0 fully saturated rings. The van der Waals surface area contributed by atoms with Crippen LogP contribution in [0.15, 0.2) is 66.9 Å². The highest BCUT2D eigenvalue weighted by atomic mass is 19.1. The van der Waals surface area contributed by atoms with E-state index in [1.54, 1.807) is 23.0 Å². The van der Waals surface area contributed by atoms with Crippen molar-refractivity contribution >= 4 is 17.7 Å². The van der Waals surface area contributed by atoms with E-state index >= 15 is 0 Å². The molecule has 3 aromatic rings. The molecule has 0 radical (unpaired) electrons. The quantitative estimate of drug-likeness (QED) is 0.734. The van der Waals surface area contributed by atoms with Gasteiger partial charge in [0.1, 0.15) is 11.5 Å². The van der Waals surface area contributed by atoms with Gasteiger partial charge >= 0.3 is 0 Å². The molecule has 120 valence electrons. The first-order valence-corrected chi connectivity index (χ1v) is 7.38. The van der Waals surface area contributed by atoms with E-state index in [0.29, 0.717) is 17.9 Å². The summed E-state index contributed by atoms with van der Waals surface area (Å²) in [5.74, 6) is -0.765. The maximum absolute atomic E-state index is 13.1. The molecule has 2 aromatic carbocycles. The number of aromatic nitrogens is 3. The summed E-state index contributed by atoms with van der Waals surface area (Å²) in [5.41, 5.74) is 2.08. The van der Waals surface area contributed by atoms with Crippen LogP contribution >= 0.6 is 0 Å². The summed E-state index contributed by atoms with van der Waals surface area (Å²) in [4.78, 5) is 11.8. The van der Waals surface area contributed by atoms with Crippen LogP contribution < -0.4 is 5.32 Å². The van der Waals surface area contributed by atoms with Crippen molar-refractivity contribution in [1.29, 1.82) is 0 Å². The van der Waals surface area contributed by atoms with Crippen LogP contribution in [0.4, 0.5) is 10.1 Å². The van der Waals surface area contributed by atoms with Crippen LogP contribution in [0, 0.1) is 5.82 Å². The number of halogens is 1. The van der Waals surface area contributed by atoms with Gasteiger partial charge in [0.25, 0.3) is 0 Å². The lowest BCUT2D eigenvalue weighted by Gasteiger charge is -2.01. The fourth-order valence-electron chi connectivity index (χ4n) is 2.15. The van der Waals surface area contributed by atoms with Crippen molar-refractivity contribution in [1.82, 2.24) is 15.0 Å². The second-order valence-corrected chi connectivity index (χ2v) is 5.16. The molecule has 5 nitrogen and oxygen atoms in total. The number of nitrogens with zero attached hydrogens (tertiary/aromatic N) is 3. The normalized spacial score (nSPS) is 10.9. The van der Waals surface area contributed by atoms with E-state index in [-0.39, 0.29) is 5.91 Å². The van der Waals surface area contributed by atoms with Crippen molar-refractivity contribution in [2.45, 2.75) is 6.54 Å². The van der Waals surface area contributed by atoms with E-state index in [1.165, 1.54) is 24.3 Å². The summed E-state index contributed by atoms with van der Waals surface area (Å²) in [6.45, 7) is 0.608. The summed E-state index contributed by atoms with van der Waals surface area (Å²) in [6.07, 6.45) is 4.64. The maximum atomic E-state index is 13.1. The fraction of sp³-hybridized carbons (Fsp3) is 0.0556. The molecular weight excluding hydrogens is 307 g/mol. The highest BCUT2D eigenvalue weighted by Crippen LogP contribution is 2.09. The molecule has 0 atom stereocenters. The lowest BCUT2D eigenvalue weighted by atomic mass is 10.2. The van der Waals surface area contributed by atoms with Gasteiger partial charge in [-0.3, -0.25) is 4.79 Å². The average Bonchev–Trinajstić information content (AvgIpc) is 3.01. The van der Waals surface area contributed by atoms with Gasteiger partial charge in [-0.1, -0.05) is 41.6 Å². The third-order valence-corrected chi connectivity index (χ3v) is 3.24. The zero-order valence-corrected chi connectivity index (χ0v) is 12.8. The second-order valence-electron chi connectivity index (χ2n) is 5.16. The molecule has 3 rings (SSSR count). The number of amides is 1. The van der Waals surface area contributed by atoms with Gasteiger partial charge in [0.15, 0.2) is 0 Å². The molecule has 1 amide bonds. The SMILES string of the molecule is O=C(/C=C/c1cn(Cc2ccccc2)nn1)Nc1cccc(F)c1. The molecule has 1 N–H and O–H groups in total. The lowest BCUT2D eigenvalue weighted by Crippen LogP contribution is -2.07. The van der Waals surface area contributed by atoms with Crippen LogP contribution in [-0.2, 0) is 11.3 Å². The van der Waals surface area contributed by atoms with Crippen LogP contribution in [0.5, 0.6) is 0 Å². The predicted octanol–water partition coefficient (Wildman–Crippen LogP) is 3.12. The first-order chi connectivity index (χ1) is 11.7. The first-order valence-electron chi connectivity index (χ1n) is 7.38. The molecule has 24 heavy (non-hydrogen) atoms. The van der Waals surface area contributed by atoms with E-state index in [2.05, 4.69) is 15.6 Å². The third-order valence-electron chi connectivity index (χ3n) is 3.24. The molecule has 0 unspecified atom stereocenters. The Morgan fingerprint density at radius 2 is 2.00 bits per heavy atom. The third kappa shape index (κ3) is 4.36. The topological polar surface area (TPSA) is 59.8 Å². The minimum atomic E-state index is -0.402. The number of nitrogens with one attached hydrogen (secondary N) is 1. The molecule has 0 spiro atoms. The van der Waals surface area contributed by atoms with E-state index in [9.17, 15) is 9.18 Å². The summed E-state index contributed by atoms with van der Waals surface area (Å²) < 4.78 is 14.8. The molecule has 0 bridgehead atoms. The van der Waals surface area contributed by atoms with E-state index in [1.807, 2.05) is 30.3 Å². The van der Waals surface area contributed by atoms with Crippen molar-refractivity contribution < 1.29 is 9.18 Å². The van der Waals surface area contributed by atoms with Crippen LogP contribution in [0.1, 0.15) is 11.3 Å². The summed E-state index contributed by atoms with van der Waals surface area (Å²) >= 11 is 0. The Labute approximate surface area is 138 Å². The van der Waals surface area contributed by atoms with Gasteiger partial charge in [0.2, 0.25) is 5.91 Å². The number of rotatable bonds is 5. The van der Waals surface area contributed by atoms with Gasteiger partial charge in [0.05, 0.1) is 12.7 Å². The molecule has 0 aliphatic rings. The molecule has 6 heteroatoms. The number of carbonyl (C=O) groups excluding carboxylic acids is 1. The van der Waals surface area contributed by atoms with Crippen LogP contribution in [0.3, 0.4) is 0 Å². The minimum absolute atomic E-state index is 0.363. The van der Waals surface area contributed by atoms with Gasteiger partial charge in [0, 0.05) is 11.8 Å². The Bertz CT molecular complexity index is 858. The van der Waals surface area contributed by atoms with Gasteiger partial charge in [-0.15, -0.1) is 5.10 Å². The molecule has 0 saturated carbocycles. The van der Waals surface area contributed by atoms with E-state index in [4.69, 9.17) is 0 Å². The molecule has 0 aliphatic carbocycles. The Morgan fingerprint density at radius 1 is 1.17 bits per heavy atom. The maximum Gasteiger partial charge on any atom is 0.248 e. The van der Waals surface area contributed by atoms with Crippen molar-refractivity contribution in [3.05, 3.63) is 83.9 Å². The number of hydrogen-bond acceptors (Lipinski definition) is 3. The predicted molar refractivity (Wildman–Crippen MR) is 89.6 cm³/mol. The van der Waals surface area contributed by atoms with Crippen LogP contribution in [0.25, 0.3) is 6.08 Å². The summed E-state index contributed by atoms with van der Waals surface area (Å²) in [7, 11) is 0. The van der Waals surface area contributed by atoms with E-state index in [0.717, 1.165) is 5.56 Å². The van der Waals surface area contributed by atoms with Crippen molar-refractivity contribution in [3.63, 3.8) is 0 Å². The molecule has 1 heterocycles. The van der Waals surface area contributed by atoms with Crippen molar-refractivity contribution in [2.75, 3.05) is 5.32 Å². The lowest BCUT2D eigenvalue weighted by molar-refractivity contribution is -0.111. The Balaban J connectivity index is 1.59. The zero-order valence-electron chi connectivity index (χ0n) is 12.8. The van der Waals surface area contributed by atoms with Gasteiger partial charge in [-0.05, 0) is 29.8 Å². The smallest absolute Gasteiger partial charge is 0.248 e. The molecule has 1 aromatic heterocycles. The largest absolute Gasteiger partial charge is 0.322 e. The van der Waals surface area contributed by atoms with Gasteiger partial charge < -0.3 is 5.32 Å². The highest BCUT2D eigenvalue weighted by molar-refractivity contribution is 6.01. The Morgan fingerprint density at radius 3 is 2.79 bits per heavy atom. The van der Waals surface area contributed by atoms with Gasteiger partial charge in [-0.25, -0.2) is 9.07 Å². The molecule has 0 aliphatic heterocycles. The minimum Gasteiger partial charge on any atom is -0.322 e. The zero-order chi connectivity index (χ0) is 16.8. The Hall–Kier alpha value is -3.28. The van der Waals surface area contributed by atoms with Crippen molar-refractivity contribution in [3.8, 4) is 0 Å². The first kappa shape index (κ1) is 15.6. The number of anilines is 1. The molecular formula is C18H15FN4O. The number of carbonyl (C=O) groups is 1. The van der Waals surface area contributed by atoms with Crippen LogP contribution in [0.2, 0.25) is 0 Å². The second kappa shape index (κ2) is 7.32. The Kier molecular flexibility index (Phi) is 4.76. The van der Waals surface area contributed by atoms with Gasteiger partial charge in [-0.2, -0.15) is 0 Å². The summed E-state index contributed by atoms with van der Waals surface area (Å²) in [6, 6.07) is 15.6. The summed E-state index contributed by atoms with van der Waals surface area (Å²) in [5, 5.41) is 10.6. The number of hydrogen-bond donors (Lipinski definition) is 1. The van der Waals surface area contributed by atoms with E-state index < -0.39 is 5.82 Å². The fourth-order valence-corrected chi connectivity index (χ4v) is 2.15. The monoisotopic (exact) mass is 322 g/mol. The molecule has 0 saturated heterocycles. The number of benzene rings is 2. The van der Waals surface area contributed by atoms with Crippen molar-refractivity contribution in [2.24, 2.45) is 0 Å². The average molecular weight is 322 g/mol.